The van der Waals surface area contributed by atoms with Crippen LogP contribution in [0.15, 0.2) is 21.2 Å². The van der Waals surface area contributed by atoms with Gasteiger partial charge in [0, 0.05) is 0 Å². The van der Waals surface area contributed by atoms with E-state index in [1.54, 1.807) is 0 Å². The van der Waals surface area contributed by atoms with Gasteiger partial charge in [-0.1, -0.05) is 25.7 Å². The fraction of sp³-hybridized carbons (Fsp3) is 0.692. The molecule has 0 bridgehead atoms. The molecule has 0 aliphatic heterocycles. The van der Waals surface area contributed by atoms with Gasteiger partial charge in [0.1, 0.15) is 5.76 Å². The predicted octanol–water partition coefficient (Wildman–Crippen LogP) is 4.27. The molecule has 0 saturated heterocycles. The molecule has 2 nitrogen and oxygen atoms in total. The van der Waals surface area contributed by atoms with Crippen LogP contribution in [0.25, 0.3) is 0 Å². The highest BCUT2D eigenvalue weighted by atomic mass is 79.9. The van der Waals surface area contributed by atoms with Crippen LogP contribution < -0.4 is 5.32 Å². The van der Waals surface area contributed by atoms with Crippen molar-refractivity contribution in [2.75, 3.05) is 6.54 Å². The third-order valence-electron chi connectivity index (χ3n) is 3.50. The quantitative estimate of drug-likeness (QED) is 0.874. The van der Waals surface area contributed by atoms with Crippen molar-refractivity contribution < 1.29 is 4.42 Å². The van der Waals surface area contributed by atoms with E-state index in [1.165, 1.54) is 32.1 Å². The fourth-order valence-corrected chi connectivity index (χ4v) is 2.78. The molecule has 90 valence electrons. The number of rotatable bonds is 5. The molecule has 0 radical (unpaired) electrons. The van der Waals surface area contributed by atoms with Crippen molar-refractivity contribution in [2.24, 2.45) is 5.92 Å². The van der Waals surface area contributed by atoms with Crippen LogP contribution in [0.1, 0.15) is 50.8 Å². The molecule has 1 atom stereocenters. The lowest BCUT2D eigenvalue weighted by molar-refractivity contribution is 0.397. The van der Waals surface area contributed by atoms with Crippen LogP contribution in [0.4, 0.5) is 0 Å². The van der Waals surface area contributed by atoms with Crippen LogP contribution >= 0.6 is 15.9 Å². The summed E-state index contributed by atoms with van der Waals surface area (Å²) in [6.45, 7) is 3.25. The van der Waals surface area contributed by atoms with Gasteiger partial charge in [0.25, 0.3) is 0 Å². The van der Waals surface area contributed by atoms with Crippen LogP contribution in [-0.4, -0.2) is 6.54 Å². The van der Waals surface area contributed by atoms with Gasteiger partial charge in [0.05, 0.1) is 6.04 Å². The summed E-state index contributed by atoms with van der Waals surface area (Å²) in [6.07, 6.45) is 7.05. The summed E-state index contributed by atoms with van der Waals surface area (Å²) in [5, 5.41) is 3.52. The zero-order valence-corrected chi connectivity index (χ0v) is 11.4. The van der Waals surface area contributed by atoms with E-state index in [2.05, 4.69) is 28.2 Å². The average Bonchev–Trinajstić information content (AvgIpc) is 2.89. The van der Waals surface area contributed by atoms with Crippen molar-refractivity contribution in [3.05, 3.63) is 22.6 Å². The van der Waals surface area contributed by atoms with Gasteiger partial charge in [-0.3, -0.25) is 0 Å². The van der Waals surface area contributed by atoms with Gasteiger partial charge in [-0.2, -0.15) is 0 Å². The monoisotopic (exact) mass is 285 g/mol. The van der Waals surface area contributed by atoms with Gasteiger partial charge in [-0.05, 0) is 53.9 Å². The smallest absolute Gasteiger partial charge is 0.169 e. The third kappa shape index (κ3) is 3.36. The minimum Gasteiger partial charge on any atom is -0.453 e. The highest BCUT2D eigenvalue weighted by molar-refractivity contribution is 9.10. The Kier molecular flexibility index (Phi) is 4.47. The molecule has 3 heteroatoms. The van der Waals surface area contributed by atoms with Crippen LogP contribution in [0, 0.1) is 5.92 Å². The molecule has 2 rings (SSSR count). The standard InChI is InChI=1S/C13H20BrNO/c1-10(12-6-7-13(14)16-12)15-9-8-11-4-2-3-5-11/h6-7,10-11,15H,2-5,8-9H2,1H3. The van der Waals surface area contributed by atoms with Crippen molar-refractivity contribution in [2.45, 2.75) is 45.1 Å². The Morgan fingerprint density at radius 1 is 1.44 bits per heavy atom. The Hall–Kier alpha value is -0.280. The minimum atomic E-state index is 0.313. The van der Waals surface area contributed by atoms with Crippen molar-refractivity contribution in [1.82, 2.24) is 5.32 Å². The van der Waals surface area contributed by atoms with Gasteiger partial charge < -0.3 is 9.73 Å². The van der Waals surface area contributed by atoms with Crippen LogP contribution in [0.3, 0.4) is 0 Å². The lowest BCUT2D eigenvalue weighted by Gasteiger charge is -2.13. The van der Waals surface area contributed by atoms with Crippen molar-refractivity contribution in [1.29, 1.82) is 0 Å². The first-order chi connectivity index (χ1) is 7.75. The molecule has 1 saturated carbocycles. The van der Waals surface area contributed by atoms with Crippen molar-refractivity contribution in [3.63, 3.8) is 0 Å². The number of halogens is 1. The maximum Gasteiger partial charge on any atom is 0.169 e. The second-order valence-corrected chi connectivity index (χ2v) is 5.54. The highest BCUT2D eigenvalue weighted by Crippen LogP contribution is 2.27. The summed E-state index contributed by atoms with van der Waals surface area (Å²) >= 11 is 3.33. The highest BCUT2D eigenvalue weighted by Gasteiger charge is 2.15. The summed E-state index contributed by atoms with van der Waals surface area (Å²) < 4.78 is 6.33. The molecular weight excluding hydrogens is 266 g/mol. The van der Waals surface area contributed by atoms with E-state index in [1.807, 2.05) is 12.1 Å². The van der Waals surface area contributed by atoms with E-state index < -0.39 is 0 Å². The normalized spacial score (nSPS) is 19.1. The maximum absolute atomic E-state index is 5.52. The average molecular weight is 286 g/mol. The van der Waals surface area contributed by atoms with Crippen LogP contribution in [0.5, 0.6) is 0 Å². The van der Waals surface area contributed by atoms with E-state index in [4.69, 9.17) is 4.42 Å². The molecule has 1 N–H and O–H groups in total. The lowest BCUT2D eigenvalue weighted by Crippen LogP contribution is -2.21. The zero-order chi connectivity index (χ0) is 11.4. The fourth-order valence-electron chi connectivity index (χ4n) is 2.46. The second kappa shape index (κ2) is 5.87. The zero-order valence-electron chi connectivity index (χ0n) is 9.84. The molecule has 16 heavy (non-hydrogen) atoms. The molecular formula is C13H20BrNO. The topological polar surface area (TPSA) is 25.2 Å². The molecule has 1 fully saturated rings. The SMILES string of the molecule is CC(NCCC1CCCC1)c1ccc(Br)o1. The molecule has 1 aromatic heterocycles. The Bertz CT molecular complexity index is 317. The summed E-state index contributed by atoms with van der Waals surface area (Å²) in [5.41, 5.74) is 0. The Balaban J connectivity index is 1.69. The largest absolute Gasteiger partial charge is 0.453 e. The van der Waals surface area contributed by atoms with E-state index >= 15 is 0 Å². The van der Waals surface area contributed by atoms with E-state index in [0.717, 1.165) is 22.9 Å². The molecule has 0 amide bonds. The summed E-state index contributed by atoms with van der Waals surface area (Å²) in [5.74, 6) is 1.97. The summed E-state index contributed by atoms with van der Waals surface area (Å²) in [6, 6.07) is 4.29. The minimum absolute atomic E-state index is 0.313. The van der Waals surface area contributed by atoms with E-state index in [-0.39, 0.29) is 0 Å². The second-order valence-electron chi connectivity index (χ2n) is 4.76. The van der Waals surface area contributed by atoms with Gasteiger partial charge in [-0.15, -0.1) is 0 Å². The molecule has 1 aromatic rings. The molecule has 0 aromatic carbocycles. The Morgan fingerprint density at radius 3 is 2.81 bits per heavy atom. The van der Waals surface area contributed by atoms with Gasteiger partial charge in [0.15, 0.2) is 4.67 Å². The van der Waals surface area contributed by atoms with E-state index in [9.17, 15) is 0 Å². The van der Waals surface area contributed by atoms with Gasteiger partial charge in [0.2, 0.25) is 0 Å². The number of hydrogen-bond acceptors (Lipinski definition) is 2. The number of hydrogen-bond donors (Lipinski definition) is 1. The Labute approximate surface area is 106 Å². The maximum atomic E-state index is 5.52. The van der Waals surface area contributed by atoms with Crippen LogP contribution in [0.2, 0.25) is 0 Å². The van der Waals surface area contributed by atoms with Crippen molar-refractivity contribution in [3.8, 4) is 0 Å². The molecule has 1 aliphatic rings. The van der Waals surface area contributed by atoms with Crippen molar-refractivity contribution >= 4 is 15.9 Å². The Morgan fingerprint density at radius 2 is 2.19 bits per heavy atom. The summed E-state index contributed by atoms with van der Waals surface area (Å²) in [4.78, 5) is 0. The predicted molar refractivity (Wildman–Crippen MR) is 69.4 cm³/mol. The van der Waals surface area contributed by atoms with Crippen LogP contribution in [-0.2, 0) is 0 Å². The summed E-state index contributed by atoms with van der Waals surface area (Å²) in [7, 11) is 0. The first kappa shape index (κ1) is 12.2. The first-order valence-electron chi connectivity index (χ1n) is 6.24. The third-order valence-corrected chi connectivity index (χ3v) is 3.92. The molecule has 1 aliphatic carbocycles. The van der Waals surface area contributed by atoms with Gasteiger partial charge in [-0.25, -0.2) is 0 Å². The first-order valence-corrected chi connectivity index (χ1v) is 7.03. The number of nitrogens with one attached hydrogen (secondary N) is 1. The molecule has 1 heterocycles. The van der Waals surface area contributed by atoms with E-state index in [0.29, 0.717) is 6.04 Å². The molecule has 0 spiro atoms. The molecule has 1 unspecified atom stereocenters. The van der Waals surface area contributed by atoms with Gasteiger partial charge >= 0.3 is 0 Å². The lowest BCUT2D eigenvalue weighted by atomic mass is 10.0. The number of furan rings is 1.